The molecular formula is C23H26F2N4O2. The molecule has 3 heterocycles. The summed E-state index contributed by atoms with van der Waals surface area (Å²) in [5.41, 5.74) is 3.21. The van der Waals surface area contributed by atoms with Gasteiger partial charge >= 0.3 is 0 Å². The summed E-state index contributed by atoms with van der Waals surface area (Å²) < 4.78 is 42.0. The highest BCUT2D eigenvalue weighted by molar-refractivity contribution is 5.97. The second kappa shape index (κ2) is 8.07. The van der Waals surface area contributed by atoms with Gasteiger partial charge in [-0.15, -0.1) is 0 Å². The maximum Gasteiger partial charge on any atom is 0.270 e. The van der Waals surface area contributed by atoms with Crippen molar-refractivity contribution in [1.82, 2.24) is 14.8 Å². The second-order valence-corrected chi connectivity index (χ2v) is 8.18. The average molecular weight is 428 g/mol. The lowest BCUT2D eigenvalue weighted by Gasteiger charge is -2.31. The summed E-state index contributed by atoms with van der Waals surface area (Å²) in [6.45, 7) is 3.14. The molecule has 0 N–H and O–H groups in total. The summed E-state index contributed by atoms with van der Waals surface area (Å²) in [5, 5.41) is 5.38. The van der Waals surface area contributed by atoms with Gasteiger partial charge in [-0.05, 0) is 31.0 Å². The van der Waals surface area contributed by atoms with Crippen LogP contribution in [0.4, 0.5) is 14.5 Å². The van der Waals surface area contributed by atoms with Crippen molar-refractivity contribution < 1.29 is 18.3 Å². The molecule has 2 fully saturated rings. The van der Waals surface area contributed by atoms with Crippen LogP contribution in [0, 0.1) is 0 Å². The lowest BCUT2D eigenvalue weighted by Crippen LogP contribution is -2.36. The number of morpholine rings is 1. The van der Waals surface area contributed by atoms with Crippen molar-refractivity contribution in [3.05, 3.63) is 36.5 Å². The van der Waals surface area contributed by atoms with Crippen molar-refractivity contribution in [3.8, 4) is 17.1 Å². The van der Waals surface area contributed by atoms with E-state index < -0.39 is 12.0 Å². The molecule has 31 heavy (non-hydrogen) atoms. The van der Waals surface area contributed by atoms with Crippen LogP contribution >= 0.6 is 0 Å². The van der Waals surface area contributed by atoms with E-state index in [9.17, 15) is 8.78 Å². The summed E-state index contributed by atoms with van der Waals surface area (Å²) in [6, 6.07) is 8.86. The lowest BCUT2D eigenvalue weighted by atomic mass is 9.91. The third-order valence-electron chi connectivity index (χ3n) is 6.32. The van der Waals surface area contributed by atoms with Gasteiger partial charge in [0.05, 0.1) is 31.2 Å². The van der Waals surface area contributed by atoms with Gasteiger partial charge < -0.3 is 14.4 Å². The van der Waals surface area contributed by atoms with E-state index in [0.717, 1.165) is 44.0 Å². The van der Waals surface area contributed by atoms with Crippen molar-refractivity contribution in [3.63, 3.8) is 0 Å². The van der Waals surface area contributed by atoms with Crippen LogP contribution in [0.15, 0.2) is 36.5 Å². The predicted molar refractivity (Wildman–Crippen MR) is 115 cm³/mol. The Balaban J connectivity index is 1.60. The zero-order valence-corrected chi connectivity index (χ0v) is 17.6. The summed E-state index contributed by atoms with van der Waals surface area (Å²) in [4.78, 5) is 6.58. The van der Waals surface area contributed by atoms with E-state index in [1.54, 1.807) is 19.4 Å². The van der Waals surface area contributed by atoms with Crippen LogP contribution in [0.1, 0.15) is 31.7 Å². The third-order valence-corrected chi connectivity index (χ3v) is 6.32. The van der Waals surface area contributed by atoms with Crippen LogP contribution in [0.5, 0.6) is 5.88 Å². The highest BCUT2D eigenvalue weighted by atomic mass is 19.3. The number of rotatable bonds is 4. The minimum atomic E-state index is -2.79. The zero-order chi connectivity index (χ0) is 21.4. The van der Waals surface area contributed by atoms with Gasteiger partial charge in [0.1, 0.15) is 11.7 Å². The molecule has 2 aromatic heterocycles. The molecule has 2 aliphatic rings. The monoisotopic (exact) mass is 428 g/mol. The molecule has 0 radical (unpaired) electrons. The van der Waals surface area contributed by atoms with E-state index in [-0.39, 0.29) is 6.42 Å². The molecule has 1 aliphatic heterocycles. The number of fused-ring (bicyclic) bond motifs is 1. The summed E-state index contributed by atoms with van der Waals surface area (Å²) >= 11 is 0. The van der Waals surface area contributed by atoms with Crippen molar-refractivity contribution >= 4 is 16.6 Å². The van der Waals surface area contributed by atoms with Crippen LogP contribution in [0.3, 0.4) is 0 Å². The number of aromatic nitrogens is 3. The fourth-order valence-electron chi connectivity index (χ4n) is 4.68. The molecule has 1 aromatic carbocycles. The van der Waals surface area contributed by atoms with Crippen LogP contribution in [0.2, 0.25) is 0 Å². The molecule has 0 spiro atoms. The Morgan fingerprint density at radius 1 is 1.10 bits per heavy atom. The number of methoxy groups -OCH3 is 1. The molecule has 0 bridgehead atoms. The largest absolute Gasteiger partial charge is 0.480 e. The molecule has 164 valence electrons. The highest BCUT2D eigenvalue weighted by Crippen LogP contribution is 2.44. The van der Waals surface area contributed by atoms with Crippen LogP contribution < -0.4 is 9.64 Å². The van der Waals surface area contributed by atoms with Gasteiger partial charge in [0.15, 0.2) is 0 Å². The molecule has 6 nitrogen and oxygen atoms in total. The predicted octanol–water partition coefficient (Wildman–Crippen LogP) is 4.69. The molecule has 5 rings (SSSR count). The topological polar surface area (TPSA) is 52.4 Å². The normalized spacial score (nSPS) is 21.4. The number of alkyl halides is 2. The van der Waals surface area contributed by atoms with Crippen molar-refractivity contribution in [2.45, 2.75) is 37.6 Å². The Labute approximate surface area is 179 Å². The van der Waals surface area contributed by atoms with E-state index in [0.29, 0.717) is 35.3 Å². The number of nitrogens with zero attached hydrogens (tertiary/aromatic N) is 4. The van der Waals surface area contributed by atoms with Gasteiger partial charge in [0.2, 0.25) is 5.88 Å². The Kier molecular flexibility index (Phi) is 5.25. The van der Waals surface area contributed by atoms with Crippen LogP contribution in [-0.4, -0.2) is 54.1 Å². The minimum Gasteiger partial charge on any atom is -0.480 e. The summed E-state index contributed by atoms with van der Waals surface area (Å²) in [7, 11) is 1.54. The number of anilines is 1. The van der Waals surface area contributed by atoms with Gasteiger partial charge in [-0.1, -0.05) is 18.6 Å². The minimum absolute atomic E-state index is 0.106. The SMILES string of the molecule is COc1nccc2c1c(-c1ccc(N3CCOCC3)cc1)nn2C1CCCCC1(F)F. The third kappa shape index (κ3) is 3.63. The number of pyridine rings is 1. The maximum atomic E-state index is 14.8. The zero-order valence-electron chi connectivity index (χ0n) is 17.6. The van der Waals surface area contributed by atoms with Gasteiger partial charge in [-0.25, -0.2) is 13.8 Å². The standard InChI is InChI=1S/C23H26F2N4O2/c1-30-22-20-18(9-11-26-22)29(19-4-2-3-10-23(19,24)25)27-21(20)16-5-7-17(8-6-16)28-12-14-31-15-13-28/h5-9,11,19H,2-4,10,12-15H2,1H3. The van der Waals surface area contributed by atoms with Gasteiger partial charge in [0, 0.05) is 37.0 Å². The number of hydrogen-bond donors (Lipinski definition) is 0. The summed E-state index contributed by atoms with van der Waals surface area (Å²) in [5.74, 6) is -2.39. The van der Waals surface area contributed by atoms with E-state index in [1.165, 1.54) is 4.68 Å². The molecule has 8 heteroatoms. The smallest absolute Gasteiger partial charge is 0.270 e. The molecule has 3 aromatic rings. The number of hydrogen-bond acceptors (Lipinski definition) is 5. The van der Waals surface area contributed by atoms with Crippen molar-refractivity contribution in [2.24, 2.45) is 0 Å². The molecule has 1 saturated carbocycles. The fourth-order valence-corrected chi connectivity index (χ4v) is 4.68. The fraction of sp³-hybridized carbons (Fsp3) is 0.478. The molecule has 1 saturated heterocycles. The molecule has 0 amide bonds. The Morgan fingerprint density at radius 3 is 2.58 bits per heavy atom. The quantitative estimate of drug-likeness (QED) is 0.603. The van der Waals surface area contributed by atoms with Crippen molar-refractivity contribution in [1.29, 1.82) is 0 Å². The lowest BCUT2D eigenvalue weighted by molar-refractivity contribution is -0.0803. The second-order valence-electron chi connectivity index (χ2n) is 8.18. The van der Waals surface area contributed by atoms with Crippen molar-refractivity contribution in [2.75, 3.05) is 38.3 Å². The molecular weight excluding hydrogens is 402 g/mol. The average Bonchev–Trinajstić information content (AvgIpc) is 3.19. The van der Waals surface area contributed by atoms with Gasteiger partial charge in [-0.3, -0.25) is 4.68 Å². The number of benzene rings is 1. The van der Waals surface area contributed by atoms with Gasteiger partial charge in [0.25, 0.3) is 5.92 Å². The van der Waals surface area contributed by atoms with E-state index in [4.69, 9.17) is 14.6 Å². The first-order valence-electron chi connectivity index (χ1n) is 10.8. The molecule has 1 aliphatic carbocycles. The molecule has 1 atom stereocenters. The maximum absolute atomic E-state index is 14.8. The van der Waals surface area contributed by atoms with Crippen LogP contribution in [0.25, 0.3) is 22.2 Å². The summed E-state index contributed by atoms with van der Waals surface area (Å²) in [6.07, 6.45) is 3.21. The van der Waals surface area contributed by atoms with E-state index in [2.05, 4.69) is 9.88 Å². The van der Waals surface area contributed by atoms with Gasteiger partial charge in [-0.2, -0.15) is 5.10 Å². The molecule has 1 unspecified atom stereocenters. The first kappa shape index (κ1) is 20.2. The van der Waals surface area contributed by atoms with E-state index in [1.807, 2.05) is 24.3 Å². The first-order chi connectivity index (χ1) is 15.1. The first-order valence-corrected chi connectivity index (χ1v) is 10.8. The number of ether oxygens (including phenoxy) is 2. The van der Waals surface area contributed by atoms with Crippen LogP contribution in [-0.2, 0) is 4.74 Å². The number of halogens is 2. The van der Waals surface area contributed by atoms with E-state index >= 15 is 0 Å². The Bertz CT molecular complexity index is 1060. The highest BCUT2D eigenvalue weighted by Gasteiger charge is 2.44. The Hall–Kier alpha value is -2.74. The Morgan fingerprint density at radius 2 is 1.87 bits per heavy atom.